The number of hydrogen-bond donors (Lipinski definition) is 1. The van der Waals surface area contributed by atoms with Crippen molar-refractivity contribution in [2.24, 2.45) is 0 Å². The average Bonchev–Trinajstić information content (AvgIpc) is 2.40. The predicted octanol–water partition coefficient (Wildman–Crippen LogP) is 4.75. The van der Waals surface area contributed by atoms with Gasteiger partial charge < -0.3 is 9.84 Å². The summed E-state index contributed by atoms with van der Waals surface area (Å²) in [4.78, 5) is 10.4. The minimum absolute atomic E-state index is 0.000744. The molecule has 7 heteroatoms. The zero-order valence-electron chi connectivity index (χ0n) is 10.9. The van der Waals surface area contributed by atoms with E-state index in [1.165, 1.54) is 30.3 Å². The lowest BCUT2D eigenvalue weighted by atomic mass is 10.1. The third-order valence-corrected chi connectivity index (χ3v) is 3.31. The van der Waals surface area contributed by atoms with E-state index < -0.39 is 11.0 Å². The highest BCUT2D eigenvalue weighted by Crippen LogP contribution is 2.37. The fraction of sp³-hybridized carbons (Fsp3) is 0.143. The van der Waals surface area contributed by atoms with Crippen LogP contribution < -0.4 is 4.74 Å². The molecule has 0 aromatic heterocycles. The SMILES string of the molecule is C[C@@H](O)c1ccc(Oc2cc(Cl)ccc2[N+](=O)[O-])c(Cl)c1. The molecule has 1 atom stereocenters. The molecule has 0 heterocycles. The maximum atomic E-state index is 11.0. The number of nitro benzene ring substituents is 1. The largest absolute Gasteiger partial charge is 0.449 e. The van der Waals surface area contributed by atoms with Gasteiger partial charge in [-0.25, -0.2) is 0 Å². The van der Waals surface area contributed by atoms with E-state index in [4.69, 9.17) is 27.9 Å². The van der Waals surface area contributed by atoms with Gasteiger partial charge in [0.05, 0.1) is 16.0 Å². The molecule has 0 bridgehead atoms. The van der Waals surface area contributed by atoms with Crippen molar-refractivity contribution in [3.63, 3.8) is 0 Å². The Morgan fingerprint density at radius 1 is 1.19 bits per heavy atom. The van der Waals surface area contributed by atoms with Crippen LogP contribution in [0.1, 0.15) is 18.6 Å². The Hall–Kier alpha value is -1.82. The van der Waals surface area contributed by atoms with E-state index in [1.54, 1.807) is 13.0 Å². The minimum atomic E-state index is -0.669. The van der Waals surface area contributed by atoms with E-state index >= 15 is 0 Å². The molecular weight excluding hydrogens is 317 g/mol. The number of hydrogen-bond acceptors (Lipinski definition) is 4. The third-order valence-electron chi connectivity index (χ3n) is 2.78. The Balaban J connectivity index is 2.38. The van der Waals surface area contributed by atoms with Crippen LogP contribution in [0.3, 0.4) is 0 Å². The van der Waals surface area contributed by atoms with Gasteiger partial charge in [0.2, 0.25) is 5.75 Å². The second-order valence-electron chi connectivity index (χ2n) is 4.34. The molecule has 110 valence electrons. The van der Waals surface area contributed by atoms with E-state index in [1.807, 2.05) is 0 Å². The predicted molar refractivity (Wildman–Crippen MR) is 80.3 cm³/mol. The monoisotopic (exact) mass is 327 g/mol. The molecule has 21 heavy (non-hydrogen) atoms. The number of aliphatic hydroxyl groups excluding tert-OH is 1. The Kier molecular flexibility index (Phi) is 4.67. The molecule has 1 N–H and O–H groups in total. The molecule has 0 amide bonds. The molecule has 0 unspecified atom stereocenters. The zero-order valence-corrected chi connectivity index (χ0v) is 12.4. The Morgan fingerprint density at radius 3 is 2.48 bits per heavy atom. The van der Waals surface area contributed by atoms with Gasteiger partial charge in [0.1, 0.15) is 5.75 Å². The molecule has 0 spiro atoms. The summed E-state index contributed by atoms with van der Waals surface area (Å²) < 4.78 is 5.48. The number of nitrogens with zero attached hydrogens (tertiary/aromatic N) is 1. The molecular formula is C14H11Cl2NO4. The summed E-state index contributed by atoms with van der Waals surface area (Å²) >= 11 is 11.9. The van der Waals surface area contributed by atoms with Gasteiger partial charge in [-0.05, 0) is 30.7 Å². The van der Waals surface area contributed by atoms with E-state index in [9.17, 15) is 15.2 Å². The first-order valence-electron chi connectivity index (χ1n) is 5.98. The standard InChI is InChI=1S/C14H11Cl2NO4/c1-8(18)9-2-5-13(11(16)6-9)21-14-7-10(15)3-4-12(14)17(19)20/h2-8,18H,1H3/t8-/m1/s1. The molecule has 0 aliphatic carbocycles. The van der Waals surface area contributed by atoms with Crippen LogP contribution in [-0.4, -0.2) is 10.0 Å². The summed E-state index contributed by atoms with van der Waals surface area (Å²) in [6, 6.07) is 8.72. The lowest BCUT2D eigenvalue weighted by Crippen LogP contribution is -1.95. The lowest BCUT2D eigenvalue weighted by molar-refractivity contribution is -0.385. The van der Waals surface area contributed by atoms with Crippen LogP contribution in [0.2, 0.25) is 10.0 Å². The summed E-state index contributed by atoms with van der Waals surface area (Å²) in [5.74, 6) is 0.241. The highest BCUT2D eigenvalue weighted by atomic mass is 35.5. The molecule has 5 nitrogen and oxygen atoms in total. The summed E-state index contributed by atoms with van der Waals surface area (Å²) in [5, 5.41) is 21.0. The summed E-state index contributed by atoms with van der Waals surface area (Å²) in [6.45, 7) is 1.61. The number of halogens is 2. The average molecular weight is 328 g/mol. The first-order valence-corrected chi connectivity index (χ1v) is 6.73. The maximum absolute atomic E-state index is 11.0. The molecule has 2 aromatic carbocycles. The van der Waals surface area contributed by atoms with Crippen molar-refractivity contribution < 1.29 is 14.8 Å². The number of benzene rings is 2. The van der Waals surface area contributed by atoms with Crippen molar-refractivity contribution in [1.29, 1.82) is 0 Å². The number of ether oxygens (including phenoxy) is 1. The first kappa shape index (κ1) is 15.6. The van der Waals surface area contributed by atoms with Crippen LogP contribution in [0.5, 0.6) is 11.5 Å². The minimum Gasteiger partial charge on any atom is -0.449 e. The molecule has 2 aromatic rings. The Labute approximate surface area is 130 Å². The van der Waals surface area contributed by atoms with Crippen molar-refractivity contribution >= 4 is 28.9 Å². The van der Waals surface area contributed by atoms with E-state index in [-0.39, 0.29) is 22.2 Å². The van der Waals surface area contributed by atoms with Gasteiger partial charge in [0, 0.05) is 17.2 Å². The first-order chi connectivity index (χ1) is 9.88. The van der Waals surface area contributed by atoms with E-state index in [0.717, 1.165) is 0 Å². The lowest BCUT2D eigenvalue weighted by Gasteiger charge is -2.11. The van der Waals surface area contributed by atoms with Crippen molar-refractivity contribution in [1.82, 2.24) is 0 Å². The van der Waals surface area contributed by atoms with Crippen LogP contribution >= 0.6 is 23.2 Å². The van der Waals surface area contributed by atoms with Crippen LogP contribution in [0.15, 0.2) is 36.4 Å². The van der Waals surface area contributed by atoms with Crippen molar-refractivity contribution in [3.05, 3.63) is 62.1 Å². The highest BCUT2D eigenvalue weighted by Gasteiger charge is 2.17. The van der Waals surface area contributed by atoms with Crippen LogP contribution in [-0.2, 0) is 0 Å². The number of aliphatic hydroxyl groups is 1. The fourth-order valence-electron chi connectivity index (χ4n) is 1.70. The van der Waals surface area contributed by atoms with Crippen molar-refractivity contribution in [2.75, 3.05) is 0 Å². The van der Waals surface area contributed by atoms with E-state index in [0.29, 0.717) is 10.6 Å². The second kappa shape index (κ2) is 6.30. The zero-order chi connectivity index (χ0) is 15.6. The fourth-order valence-corrected chi connectivity index (χ4v) is 2.09. The topological polar surface area (TPSA) is 72.6 Å². The molecule has 0 saturated carbocycles. The van der Waals surface area contributed by atoms with Crippen LogP contribution in [0.25, 0.3) is 0 Å². The quantitative estimate of drug-likeness (QED) is 0.649. The van der Waals surface area contributed by atoms with Crippen LogP contribution in [0, 0.1) is 10.1 Å². The second-order valence-corrected chi connectivity index (χ2v) is 5.18. The van der Waals surface area contributed by atoms with Crippen LogP contribution in [0.4, 0.5) is 5.69 Å². The molecule has 0 aliphatic rings. The van der Waals surface area contributed by atoms with Gasteiger partial charge in [0.15, 0.2) is 0 Å². The maximum Gasteiger partial charge on any atom is 0.311 e. The van der Waals surface area contributed by atoms with Gasteiger partial charge in [-0.1, -0.05) is 29.3 Å². The number of rotatable bonds is 4. The van der Waals surface area contributed by atoms with E-state index in [2.05, 4.69) is 0 Å². The molecule has 0 saturated heterocycles. The molecule has 0 radical (unpaired) electrons. The van der Waals surface area contributed by atoms with Gasteiger partial charge in [-0.15, -0.1) is 0 Å². The summed E-state index contributed by atoms with van der Waals surface area (Å²) in [7, 11) is 0. The van der Waals surface area contributed by atoms with Gasteiger partial charge in [0.25, 0.3) is 0 Å². The highest BCUT2D eigenvalue weighted by molar-refractivity contribution is 6.32. The van der Waals surface area contributed by atoms with Crippen molar-refractivity contribution in [3.8, 4) is 11.5 Å². The van der Waals surface area contributed by atoms with Crippen molar-refractivity contribution in [2.45, 2.75) is 13.0 Å². The third kappa shape index (κ3) is 3.64. The Morgan fingerprint density at radius 2 is 1.90 bits per heavy atom. The van der Waals surface area contributed by atoms with Gasteiger partial charge in [-0.2, -0.15) is 0 Å². The smallest absolute Gasteiger partial charge is 0.311 e. The summed E-state index contributed by atoms with van der Waals surface area (Å²) in [5.41, 5.74) is 0.406. The van der Waals surface area contributed by atoms with Gasteiger partial charge in [-0.3, -0.25) is 10.1 Å². The molecule has 0 aliphatic heterocycles. The normalized spacial score (nSPS) is 12.0. The van der Waals surface area contributed by atoms with Gasteiger partial charge >= 0.3 is 5.69 Å². The molecule has 0 fully saturated rings. The molecule has 2 rings (SSSR count). The Bertz CT molecular complexity index is 689. The number of nitro groups is 1. The summed E-state index contributed by atoms with van der Waals surface area (Å²) in [6.07, 6.45) is -0.669.